The van der Waals surface area contributed by atoms with Crippen molar-refractivity contribution in [3.63, 3.8) is 0 Å². The second kappa shape index (κ2) is 6.92. The minimum absolute atomic E-state index is 0.204. The van der Waals surface area contributed by atoms with Gasteiger partial charge in [0.15, 0.2) is 0 Å². The molecule has 1 unspecified atom stereocenters. The molecule has 1 amide bonds. The van der Waals surface area contributed by atoms with E-state index < -0.39 is 0 Å². The van der Waals surface area contributed by atoms with Gasteiger partial charge >= 0.3 is 0 Å². The van der Waals surface area contributed by atoms with Gasteiger partial charge in [-0.1, -0.05) is 29.8 Å². The van der Waals surface area contributed by atoms with Gasteiger partial charge in [0.25, 0.3) is 0 Å². The molecule has 4 rings (SSSR count). The van der Waals surface area contributed by atoms with Gasteiger partial charge in [-0.2, -0.15) is 0 Å². The van der Waals surface area contributed by atoms with Crippen LogP contribution in [-0.4, -0.2) is 40.4 Å². The van der Waals surface area contributed by atoms with Crippen molar-refractivity contribution in [3.8, 4) is 0 Å². The lowest BCUT2D eigenvalue weighted by atomic mass is 10.1. The number of aryl methyl sites for hydroxylation is 1. The largest absolute Gasteiger partial charge is 0.342 e. The molecule has 1 N–H and O–H groups in total. The molecule has 130 valence electrons. The van der Waals surface area contributed by atoms with Crippen molar-refractivity contribution in [2.45, 2.75) is 38.6 Å². The lowest BCUT2D eigenvalue weighted by molar-refractivity contribution is -0.129. The van der Waals surface area contributed by atoms with Crippen LogP contribution in [0.2, 0.25) is 0 Å². The summed E-state index contributed by atoms with van der Waals surface area (Å²) in [5.41, 5.74) is 4.67. The summed E-state index contributed by atoms with van der Waals surface area (Å²) in [7, 11) is 0. The van der Waals surface area contributed by atoms with Gasteiger partial charge in [-0.15, -0.1) is 0 Å². The highest BCUT2D eigenvalue weighted by atomic mass is 16.2. The zero-order valence-electron chi connectivity index (χ0n) is 14.7. The zero-order valence-corrected chi connectivity index (χ0v) is 14.7. The second-order valence-corrected chi connectivity index (χ2v) is 7.12. The van der Waals surface area contributed by atoms with E-state index in [1.54, 1.807) is 0 Å². The first-order valence-electron chi connectivity index (χ1n) is 9.08. The molecule has 1 aromatic carbocycles. The molecule has 1 aromatic heterocycles. The van der Waals surface area contributed by atoms with Gasteiger partial charge in [-0.25, -0.2) is 9.97 Å². The lowest BCUT2D eigenvalue weighted by Gasteiger charge is -2.19. The lowest BCUT2D eigenvalue weighted by Crippen LogP contribution is -2.30. The molecule has 1 saturated heterocycles. The summed E-state index contributed by atoms with van der Waals surface area (Å²) >= 11 is 0. The molecule has 2 aliphatic heterocycles. The highest BCUT2D eigenvalue weighted by Crippen LogP contribution is 2.26. The number of carbonyl (C=O) groups is 1. The molecule has 5 heteroatoms. The van der Waals surface area contributed by atoms with Crippen LogP contribution in [0.3, 0.4) is 0 Å². The smallest absolute Gasteiger partial charge is 0.227 e. The van der Waals surface area contributed by atoms with E-state index in [0.717, 1.165) is 50.4 Å². The Morgan fingerprint density at radius 3 is 3.20 bits per heavy atom. The van der Waals surface area contributed by atoms with E-state index in [1.165, 1.54) is 16.8 Å². The van der Waals surface area contributed by atoms with Crippen LogP contribution in [0.1, 0.15) is 40.5 Å². The number of aromatic nitrogens is 2. The summed E-state index contributed by atoms with van der Waals surface area (Å²) in [6.45, 7) is 5.44. The maximum Gasteiger partial charge on any atom is 0.227 e. The Hall–Kier alpha value is -2.27. The summed E-state index contributed by atoms with van der Waals surface area (Å²) in [6, 6.07) is 8.19. The van der Waals surface area contributed by atoms with Gasteiger partial charge in [0.2, 0.25) is 5.91 Å². The minimum atomic E-state index is 0.204. The fourth-order valence-corrected chi connectivity index (χ4v) is 3.75. The third-order valence-corrected chi connectivity index (χ3v) is 5.17. The number of amides is 1. The summed E-state index contributed by atoms with van der Waals surface area (Å²) in [5, 5.41) is 3.35. The van der Waals surface area contributed by atoms with Crippen LogP contribution in [0.15, 0.2) is 30.5 Å². The van der Waals surface area contributed by atoms with Gasteiger partial charge in [0.05, 0.1) is 6.42 Å². The molecule has 1 fully saturated rings. The molecule has 0 aliphatic carbocycles. The van der Waals surface area contributed by atoms with E-state index in [1.807, 2.05) is 23.2 Å². The minimum Gasteiger partial charge on any atom is -0.342 e. The number of carbonyl (C=O) groups excluding carboxylic acids is 1. The quantitative estimate of drug-likeness (QED) is 0.931. The number of hydrogen-bond donors (Lipinski definition) is 1. The van der Waals surface area contributed by atoms with Gasteiger partial charge in [0.1, 0.15) is 5.82 Å². The first kappa shape index (κ1) is 16.2. The van der Waals surface area contributed by atoms with Crippen LogP contribution in [0.4, 0.5) is 0 Å². The van der Waals surface area contributed by atoms with Gasteiger partial charge in [-0.05, 0) is 18.9 Å². The SMILES string of the molecule is Cc1cccc(CC(=O)N2CCC(c3ncc4c(n3)CCNC4)C2)c1. The highest BCUT2D eigenvalue weighted by Gasteiger charge is 2.29. The van der Waals surface area contributed by atoms with Gasteiger partial charge < -0.3 is 10.2 Å². The van der Waals surface area contributed by atoms with Crippen LogP contribution >= 0.6 is 0 Å². The predicted molar refractivity (Wildman–Crippen MR) is 96.3 cm³/mol. The Balaban J connectivity index is 1.41. The Kier molecular flexibility index (Phi) is 4.49. The Bertz CT molecular complexity index is 789. The van der Waals surface area contributed by atoms with Crippen LogP contribution in [0, 0.1) is 6.92 Å². The number of hydrogen-bond acceptors (Lipinski definition) is 4. The van der Waals surface area contributed by atoms with Crippen LogP contribution in [0.5, 0.6) is 0 Å². The summed E-state index contributed by atoms with van der Waals surface area (Å²) in [6.07, 6.45) is 4.36. The van der Waals surface area contributed by atoms with Crippen LogP contribution in [0.25, 0.3) is 0 Å². The van der Waals surface area contributed by atoms with E-state index in [4.69, 9.17) is 4.98 Å². The molecular weight excluding hydrogens is 312 g/mol. The Labute approximate surface area is 148 Å². The first-order chi connectivity index (χ1) is 12.2. The van der Waals surface area contributed by atoms with Crippen molar-refractivity contribution >= 4 is 5.91 Å². The van der Waals surface area contributed by atoms with E-state index in [9.17, 15) is 4.79 Å². The van der Waals surface area contributed by atoms with E-state index >= 15 is 0 Å². The molecule has 0 saturated carbocycles. The van der Waals surface area contributed by atoms with E-state index in [-0.39, 0.29) is 11.8 Å². The van der Waals surface area contributed by atoms with Gasteiger partial charge in [0, 0.05) is 56.0 Å². The van der Waals surface area contributed by atoms with Crippen molar-refractivity contribution < 1.29 is 4.79 Å². The number of nitrogens with zero attached hydrogens (tertiary/aromatic N) is 3. The summed E-state index contributed by atoms with van der Waals surface area (Å²) in [4.78, 5) is 24.0. The monoisotopic (exact) mass is 336 g/mol. The van der Waals surface area contributed by atoms with Crippen LogP contribution < -0.4 is 5.32 Å². The first-order valence-corrected chi connectivity index (χ1v) is 9.08. The molecule has 2 aliphatic rings. The average Bonchev–Trinajstić information content (AvgIpc) is 3.12. The molecule has 0 radical (unpaired) electrons. The standard InChI is InChI=1S/C20H24N4O/c1-14-3-2-4-15(9-14)10-19(25)24-8-6-16(13-24)20-22-12-17-11-21-7-5-18(17)23-20/h2-4,9,12,16,21H,5-8,10-11,13H2,1H3. The number of fused-ring (bicyclic) bond motifs is 1. The fraction of sp³-hybridized carbons (Fsp3) is 0.450. The Morgan fingerprint density at radius 1 is 1.40 bits per heavy atom. The molecule has 0 spiro atoms. The van der Waals surface area contributed by atoms with Crippen molar-refractivity contribution in [1.29, 1.82) is 0 Å². The summed E-state index contributed by atoms with van der Waals surface area (Å²) in [5.74, 6) is 1.38. The number of benzene rings is 1. The molecule has 0 bridgehead atoms. The van der Waals surface area contributed by atoms with Gasteiger partial charge in [-0.3, -0.25) is 4.79 Å². The molecule has 1 atom stereocenters. The average molecular weight is 336 g/mol. The maximum absolute atomic E-state index is 12.6. The third-order valence-electron chi connectivity index (χ3n) is 5.17. The fourth-order valence-electron chi connectivity index (χ4n) is 3.75. The molecule has 3 heterocycles. The molecule has 5 nitrogen and oxygen atoms in total. The number of likely N-dealkylation sites (tertiary alicyclic amines) is 1. The number of nitrogens with one attached hydrogen (secondary N) is 1. The van der Waals surface area contributed by atoms with E-state index in [0.29, 0.717) is 6.42 Å². The van der Waals surface area contributed by atoms with Crippen molar-refractivity contribution in [3.05, 3.63) is 58.7 Å². The highest BCUT2D eigenvalue weighted by molar-refractivity contribution is 5.79. The Morgan fingerprint density at radius 2 is 2.32 bits per heavy atom. The zero-order chi connectivity index (χ0) is 17.2. The second-order valence-electron chi connectivity index (χ2n) is 7.12. The van der Waals surface area contributed by atoms with E-state index in [2.05, 4.69) is 29.4 Å². The molecule has 2 aromatic rings. The summed E-state index contributed by atoms with van der Waals surface area (Å²) < 4.78 is 0. The van der Waals surface area contributed by atoms with Crippen molar-refractivity contribution in [2.24, 2.45) is 0 Å². The number of rotatable bonds is 3. The topological polar surface area (TPSA) is 58.1 Å². The predicted octanol–water partition coefficient (Wildman–Crippen LogP) is 1.99. The molecular formula is C20H24N4O. The van der Waals surface area contributed by atoms with Crippen LogP contribution in [-0.2, 0) is 24.2 Å². The van der Waals surface area contributed by atoms with Crippen molar-refractivity contribution in [2.75, 3.05) is 19.6 Å². The normalized spacial score (nSPS) is 19.7. The third kappa shape index (κ3) is 3.56. The molecule has 25 heavy (non-hydrogen) atoms. The van der Waals surface area contributed by atoms with Crippen molar-refractivity contribution in [1.82, 2.24) is 20.2 Å². The maximum atomic E-state index is 12.6.